The van der Waals surface area contributed by atoms with Gasteiger partial charge in [0.15, 0.2) is 0 Å². The zero-order valence-corrected chi connectivity index (χ0v) is 14.3. The van der Waals surface area contributed by atoms with Crippen LogP contribution in [0.1, 0.15) is 13.3 Å². The lowest BCUT2D eigenvalue weighted by Crippen LogP contribution is -2.59. The van der Waals surface area contributed by atoms with Crippen LogP contribution < -0.4 is 9.46 Å². The summed E-state index contributed by atoms with van der Waals surface area (Å²) < 4.78 is 36.1. The Kier molecular flexibility index (Phi) is 6.36. The summed E-state index contributed by atoms with van der Waals surface area (Å²) in [4.78, 5) is 10.9. The summed E-state index contributed by atoms with van der Waals surface area (Å²) in [6, 6.07) is 8.40. The molecule has 0 unspecified atom stereocenters. The Morgan fingerprint density at radius 3 is 2.40 bits per heavy atom. The summed E-state index contributed by atoms with van der Waals surface area (Å²) in [7, 11) is -3.89. The smallest absolute Gasteiger partial charge is 0.234 e. The van der Waals surface area contributed by atoms with Crippen LogP contribution >= 0.6 is 0 Å². The fourth-order valence-electron chi connectivity index (χ4n) is 2.43. The van der Waals surface area contributed by atoms with Gasteiger partial charge in [-0.15, -0.1) is 0 Å². The monoisotopic (exact) mass is 375 g/mol. The number of aliphatic hydroxyl groups is 3. The van der Waals surface area contributed by atoms with E-state index in [4.69, 9.17) is 9.47 Å². The number of ether oxygens (including phenoxy) is 2. The standard InChI is InChI=1S/C15H21NO8S/c1-9(17)16-25(21,22)8-7-11-12(18)13(19)14(20)15(24-11)23-10-5-3-2-4-6-10/h2-6,11-15,18-20H,7-8H2,1H3,(H,16,17)/t11-,12-,13+,14+,15+/m1/s1. The van der Waals surface area contributed by atoms with E-state index >= 15 is 0 Å². The average molecular weight is 375 g/mol. The minimum Gasteiger partial charge on any atom is -0.462 e. The van der Waals surface area contributed by atoms with Crippen molar-refractivity contribution in [3.8, 4) is 5.75 Å². The lowest BCUT2D eigenvalue weighted by Gasteiger charge is -2.40. The molecule has 0 aliphatic carbocycles. The van der Waals surface area contributed by atoms with E-state index in [9.17, 15) is 28.5 Å². The highest BCUT2D eigenvalue weighted by Crippen LogP contribution is 2.26. The van der Waals surface area contributed by atoms with Gasteiger partial charge in [-0.3, -0.25) is 9.52 Å². The van der Waals surface area contributed by atoms with E-state index in [2.05, 4.69) is 0 Å². The van der Waals surface area contributed by atoms with E-state index < -0.39 is 52.4 Å². The lowest BCUT2D eigenvalue weighted by molar-refractivity contribution is -0.272. The molecule has 0 aromatic heterocycles. The molecule has 25 heavy (non-hydrogen) atoms. The van der Waals surface area contributed by atoms with Crippen molar-refractivity contribution in [1.82, 2.24) is 4.72 Å². The summed E-state index contributed by atoms with van der Waals surface area (Å²) in [5.74, 6) is -0.861. The van der Waals surface area contributed by atoms with E-state index in [1.165, 1.54) is 0 Å². The van der Waals surface area contributed by atoms with Crippen LogP contribution in [-0.2, 0) is 19.6 Å². The maximum atomic E-state index is 11.7. The van der Waals surface area contributed by atoms with Crippen molar-refractivity contribution in [2.75, 3.05) is 5.75 Å². The van der Waals surface area contributed by atoms with Crippen LogP contribution in [0.3, 0.4) is 0 Å². The number of para-hydroxylation sites is 1. The Hall–Kier alpha value is -1.72. The lowest BCUT2D eigenvalue weighted by atomic mass is 9.97. The second kappa shape index (κ2) is 8.11. The highest BCUT2D eigenvalue weighted by molar-refractivity contribution is 7.90. The van der Waals surface area contributed by atoms with Crippen molar-refractivity contribution in [3.63, 3.8) is 0 Å². The Balaban J connectivity index is 2.04. The summed E-state index contributed by atoms with van der Waals surface area (Å²) in [6.45, 7) is 1.06. The first-order chi connectivity index (χ1) is 11.7. The van der Waals surface area contributed by atoms with Crippen molar-refractivity contribution in [2.45, 2.75) is 44.1 Å². The maximum Gasteiger partial charge on any atom is 0.234 e. The van der Waals surface area contributed by atoms with Crippen LogP contribution in [0, 0.1) is 0 Å². The molecular formula is C15H21NO8S. The third kappa shape index (κ3) is 5.38. The number of rotatable bonds is 6. The first kappa shape index (κ1) is 19.6. The fraction of sp³-hybridized carbons (Fsp3) is 0.533. The number of carbonyl (C=O) groups excluding carboxylic acids is 1. The van der Waals surface area contributed by atoms with E-state index in [0.717, 1.165) is 6.92 Å². The van der Waals surface area contributed by atoms with Crippen molar-refractivity contribution < 1.29 is 38.0 Å². The van der Waals surface area contributed by atoms with E-state index in [1.54, 1.807) is 35.1 Å². The third-order valence-electron chi connectivity index (χ3n) is 3.63. The molecule has 0 saturated carbocycles. The largest absolute Gasteiger partial charge is 0.462 e. The molecule has 1 aromatic carbocycles. The maximum absolute atomic E-state index is 11.7. The topological polar surface area (TPSA) is 142 Å². The van der Waals surface area contributed by atoms with Gasteiger partial charge in [-0.2, -0.15) is 0 Å². The molecule has 10 heteroatoms. The van der Waals surface area contributed by atoms with Crippen LogP contribution in [0.5, 0.6) is 5.75 Å². The first-order valence-electron chi connectivity index (χ1n) is 7.62. The average Bonchev–Trinajstić information content (AvgIpc) is 2.54. The van der Waals surface area contributed by atoms with Gasteiger partial charge in [0.25, 0.3) is 0 Å². The van der Waals surface area contributed by atoms with Crippen LogP contribution in [0.4, 0.5) is 0 Å². The molecule has 1 amide bonds. The minimum atomic E-state index is -3.89. The number of nitrogens with one attached hydrogen (secondary N) is 1. The molecule has 0 radical (unpaired) electrons. The van der Waals surface area contributed by atoms with Crippen molar-refractivity contribution in [3.05, 3.63) is 30.3 Å². The van der Waals surface area contributed by atoms with Gasteiger partial charge >= 0.3 is 0 Å². The zero-order chi connectivity index (χ0) is 18.6. The van der Waals surface area contributed by atoms with Crippen molar-refractivity contribution in [2.24, 2.45) is 0 Å². The number of amides is 1. The number of hydrogen-bond acceptors (Lipinski definition) is 8. The highest BCUT2D eigenvalue weighted by atomic mass is 32.2. The first-order valence-corrected chi connectivity index (χ1v) is 9.27. The molecule has 1 aliphatic heterocycles. The molecule has 5 atom stereocenters. The molecule has 1 heterocycles. The number of carbonyl (C=O) groups is 1. The van der Waals surface area contributed by atoms with Crippen LogP contribution in [0.15, 0.2) is 30.3 Å². The van der Waals surface area contributed by atoms with E-state index in [0.29, 0.717) is 5.75 Å². The molecule has 0 bridgehead atoms. The van der Waals surface area contributed by atoms with E-state index in [1.807, 2.05) is 0 Å². The summed E-state index contributed by atoms with van der Waals surface area (Å²) in [5.41, 5.74) is 0. The van der Waals surface area contributed by atoms with Gasteiger partial charge in [-0.05, 0) is 18.6 Å². The SMILES string of the molecule is CC(=O)NS(=O)(=O)CC[C@H]1O[C@H](Oc2ccccc2)[C@@H](O)[C@@H](O)[C@@H]1O. The number of benzene rings is 1. The molecule has 1 fully saturated rings. The quantitative estimate of drug-likeness (QED) is 0.482. The summed E-state index contributed by atoms with van der Waals surface area (Å²) in [5, 5.41) is 30.0. The Morgan fingerprint density at radius 1 is 1.16 bits per heavy atom. The molecule has 4 N–H and O–H groups in total. The number of sulfonamides is 1. The molecule has 9 nitrogen and oxygen atoms in total. The highest BCUT2D eigenvalue weighted by Gasteiger charge is 2.45. The number of hydrogen-bond donors (Lipinski definition) is 4. The zero-order valence-electron chi connectivity index (χ0n) is 13.5. The fourth-order valence-corrected chi connectivity index (χ4v) is 3.51. The molecule has 1 saturated heterocycles. The second-order valence-corrected chi connectivity index (χ2v) is 7.55. The van der Waals surface area contributed by atoms with Crippen molar-refractivity contribution >= 4 is 15.9 Å². The molecule has 140 valence electrons. The summed E-state index contributed by atoms with van der Waals surface area (Å²) >= 11 is 0. The molecule has 0 spiro atoms. The van der Waals surface area contributed by atoms with Gasteiger partial charge < -0.3 is 24.8 Å². The molecule has 1 aliphatic rings. The Bertz CT molecular complexity index is 680. The summed E-state index contributed by atoms with van der Waals surface area (Å²) in [6.07, 6.45) is -7.18. The molecule has 2 rings (SSSR count). The Morgan fingerprint density at radius 2 is 1.80 bits per heavy atom. The van der Waals surface area contributed by atoms with Crippen LogP contribution in [0.2, 0.25) is 0 Å². The normalized spacial score (nSPS) is 29.8. The van der Waals surface area contributed by atoms with Gasteiger partial charge in [0.1, 0.15) is 24.1 Å². The minimum absolute atomic E-state index is 0.206. The Labute approximate surface area is 145 Å². The molecular weight excluding hydrogens is 354 g/mol. The molecule has 1 aromatic rings. The second-order valence-electron chi connectivity index (χ2n) is 5.71. The van der Waals surface area contributed by atoms with Crippen molar-refractivity contribution in [1.29, 1.82) is 0 Å². The van der Waals surface area contributed by atoms with Crippen LogP contribution in [-0.4, -0.2) is 66.1 Å². The predicted octanol–water partition coefficient (Wildman–Crippen LogP) is -1.27. The van der Waals surface area contributed by atoms with E-state index in [-0.39, 0.29) is 6.42 Å². The van der Waals surface area contributed by atoms with Gasteiger partial charge in [0.2, 0.25) is 22.2 Å². The number of aliphatic hydroxyl groups excluding tert-OH is 3. The third-order valence-corrected chi connectivity index (χ3v) is 5.01. The van der Waals surface area contributed by atoms with Gasteiger partial charge in [0.05, 0.1) is 11.9 Å². The van der Waals surface area contributed by atoms with Gasteiger partial charge in [-0.1, -0.05) is 18.2 Å². The van der Waals surface area contributed by atoms with Gasteiger partial charge in [-0.25, -0.2) is 8.42 Å². The van der Waals surface area contributed by atoms with Crippen LogP contribution in [0.25, 0.3) is 0 Å². The van der Waals surface area contributed by atoms with Gasteiger partial charge in [0, 0.05) is 6.92 Å². The predicted molar refractivity (Wildman–Crippen MR) is 86.0 cm³/mol.